The van der Waals surface area contributed by atoms with E-state index in [-0.39, 0.29) is 5.82 Å². The van der Waals surface area contributed by atoms with Crippen LogP contribution in [-0.4, -0.2) is 5.11 Å². The maximum absolute atomic E-state index is 13.7. The number of halogens is 2. The Labute approximate surface area is 104 Å². The molecule has 1 aromatic carbocycles. The Hall–Kier alpha value is -0.410. The van der Waals surface area contributed by atoms with Gasteiger partial charge in [-0.05, 0) is 37.5 Å². The van der Waals surface area contributed by atoms with Crippen LogP contribution in [0.1, 0.15) is 38.2 Å². The lowest BCUT2D eigenvalue weighted by Crippen LogP contribution is -2.29. The van der Waals surface area contributed by atoms with Crippen LogP contribution in [0.3, 0.4) is 0 Å². The number of rotatable bonds is 3. The number of aliphatic hydroxyl groups is 1. The molecule has 1 atom stereocenters. The summed E-state index contributed by atoms with van der Waals surface area (Å²) in [6.07, 6.45) is 4.21. The van der Waals surface area contributed by atoms with Crippen molar-refractivity contribution in [2.24, 2.45) is 5.92 Å². The molecule has 3 heteroatoms. The Morgan fingerprint density at radius 3 is 2.75 bits per heavy atom. The lowest BCUT2D eigenvalue weighted by Gasteiger charge is -2.34. The molecule has 0 saturated heterocycles. The first-order valence-corrected chi connectivity index (χ1v) is 6.46. The molecular formula is C13H16BrFO. The van der Waals surface area contributed by atoms with Crippen molar-refractivity contribution in [1.82, 2.24) is 0 Å². The molecule has 1 aliphatic rings. The van der Waals surface area contributed by atoms with E-state index < -0.39 is 5.60 Å². The molecule has 1 unspecified atom stereocenters. The summed E-state index contributed by atoms with van der Waals surface area (Å²) in [5.41, 5.74) is -0.660. The summed E-state index contributed by atoms with van der Waals surface area (Å²) in [4.78, 5) is 0. The highest BCUT2D eigenvalue weighted by Gasteiger charge is 2.32. The molecule has 0 aliphatic heterocycles. The van der Waals surface area contributed by atoms with Crippen molar-refractivity contribution in [3.63, 3.8) is 0 Å². The van der Waals surface area contributed by atoms with Gasteiger partial charge in [0.05, 0.1) is 5.60 Å². The van der Waals surface area contributed by atoms with Crippen LogP contribution < -0.4 is 0 Å². The van der Waals surface area contributed by atoms with Crippen LogP contribution in [0.25, 0.3) is 0 Å². The molecule has 0 heterocycles. The molecule has 88 valence electrons. The minimum absolute atomic E-state index is 0.326. The normalized spacial score (nSPS) is 20.2. The zero-order chi connectivity index (χ0) is 11.8. The lowest BCUT2D eigenvalue weighted by atomic mass is 9.76. The molecule has 0 amide bonds. The highest BCUT2D eigenvalue weighted by Crippen LogP contribution is 2.39. The molecule has 0 bridgehead atoms. The van der Waals surface area contributed by atoms with Crippen molar-refractivity contribution in [3.8, 4) is 0 Å². The molecule has 1 saturated carbocycles. The topological polar surface area (TPSA) is 20.2 Å². The molecule has 0 spiro atoms. The molecule has 0 radical (unpaired) electrons. The molecule has 16 heavy (non-hydrogen) atoms. The fourth-order valence-corrected chi connectivity index (χ4v) is 2.64. The van der Waals surface area contributed by atoms with Crippen LogP contribution in [-0.2, 0) is 5.60 Å². The summed E-state index contributed by atoms with van der Waals surface area (Å²) in [7, 11) is 0. The first kappa shape index (κ1) is 12.1. The van der Waals surface area contributed by atoms with Crippen molar-refractivity contribution in [1.29, 1.82) is 0 Å². The summed E-state index contributed by atoms with van der Waals surface area (Å²) in [5, 5.41) is 10.4. The van der Waals surface area contributed by atoms with Gasteiger partial charge in [-0.25, -0.2) is 4.39 Å². The second kappa shape index (κ2) is 4.46. The second-order valence-corrected chi connectivity index (χ2v) is 5.81. The molecule has 2 rings (SSSR count). The van der Waals surface area contributed by atoms with Crippen molar-refractivity contribution in [3.05, 3.63) is 34.1 Å². The van der Waals surface area contributed by atoms with Gasteiger partial charge in [0.1, 0.15) is 5.82 Å². The van der Waals surface area contributed by atoms with E-state index in [9.17, 15) is 9.50 Å². The fraction of sp³-hybridized carbons (Fsp3) is 0.538. The molecule has 0 aromatic heterocycles. The second-order valence-electron chi connectivity index (χ2n) is 4.90. The smallest absolute Gasteiger partial charge is 0.129 e. The van der Waals surface area contributed by atoms with Gasteiger partial charge < -0.3 is 5.11 Å². The van der Waals surface area contributed by atoms with Gasteiger partial charge in [0.25, 0.3) is 0 Å². The summed E-state index contributed by atoms with van der Waals surface area (Å²) < 4.78 is 14.5. The van der Waals surface area contributed by atoms with Crippen LogP contribution in [0.15, 0.2) is 22.7 Å². The van der Waals surface area contributed by atoms with E-state index in [0.29, 0.717) is 17.9 Å². The van der Waals surface area contributed by atoms with E-state index in [2.05, 4.69) is 15.9 Å². The van der Waals surface area contributed by atoms with Crippen LogP contribution in [0.4, 0.5) is 4.39 Å². The van der Waals surface area contributed by atoms with Gasteiger partial charge in [0.15, 0.2) is 0 Å². The van der Waals surface area contributed by atoms with Gasteiger partial charge in [0, 0.05) is 10.0 Å². The average Bonchev–Trinajstić information content (AvgIpc) is 2.16. The predicted molar refractivity (Wildman–Crippen MR) is 65.6 cm³/mol. The zero-order valence-corrected chi connectivity index (χ0v) is 10.9. The minimum atomic E-state index is -1.06. The van der Waals surface area contributed by atoms with Crippen molar-refractivity contribution >= 4 is 15.9 Å². The first-order chi connectivity index (χ1) is 7.49. The monoisotopic (exact) mass is 286 g/mol. The van der Waals surface area contributed by atoms with Gasteiger partial charge in [-0.2, -0.15) is 0 Å². The van der Waals surface area contributed by atoms with Crippen LogP contribution in [0.2, 0.25) is 0 Å². The lowest BCUT2D eigenvalue weighted by molar-refractivity contribution is 0.0131. The van der Waals surface area contributed by atoms with Gasteiger partial charge in [-0.3, -0.25) is 0 Å². The highest BCUT2D eigenvalue weighted by molar-refractivity contribution is 9.10. The summed E-state index contributed by atoms with van der Waals surface area (Å²) >= 11 is 3.31. The standard InChI is InChI=1S/C13H16BrFO/c1-13(16,8-9-3-2-4-9)11-7-10(14)5-6-12(11)15/h5-7,9,16H,2-4,8H2,1H3. The molecule has 1 N–H and O–H groups in total. The van der Waals surface area contributed by atoms with Gasteiger partial charge >= 0.3 is 0 Å². The van der Waals surface area contributed by atoms with Crippen LogP contribution in [0, 0.1) is 11.7 Å². The summed E-state index contributed by atoms with van der Waals surface area (Å²) in [6.45, 7) is 1.70. The molecule has 1 fully saturated rings. The molecule has 1 nitrogen and oxygen atoms in total. The number of benzene rings is 1. The molecular weight excluding hydrogens is 271 g/mol. The predicted octanol–water partition coefficient (Wildman–Crippen LogP) is 3.99. The number of hydrogen-bond acceptors (Lipinski definition) is 1. The van der Waals surface area contributed by atoms with E-state index in [1.54, 1.807) is 19.1 Å². The van der Waals surface area contributed by atoms with Gasteiger partial charge in [-0.15, -0.1) is 0 Å². The third kappa shape index (κ3) is 2.46. The maximum Gasteiger partial charge on any atom is 0.129 e. The third-order valence-corrected chi connectivity index (χ3v) is 3.91. The first-order valence-electron chi connectivity index (χ1n) is 5.67. The fourth-order valence-electron chi connectivity index (χ4n) is 2.28. The Kier molecular flexibility index (Phi) is 3.36. The average molecular weight is 287 g/mol. The van der Waals surface area contributed by atoms with Crippen molar-refractivity contribution in [2.45, 2.75) is 38.2 Å². The quantitative estimate of drug-likeness (QED) is 0.891. The molecule has 1 aromatic rings. The maximum atomic E-state index is 13.7. The van der Waals surface area contributed by atoms with Crippen LogP contribution >= 0.6 is 15.9 Å². The van der Waals surface area contributed by atoms with E-state index in [1.807, 2.05) is 0 Å². The zero-order valence-electron chi connectivity index (χ0n) is 9.34. The Bertz CT molecular complexity index is 386. The largest absolute Gasteiger partial charge is 0.385 e. The van der Waals surface area contributed by atoms with E-state index >= 15 is 0 Å². The van der Waals surface area contributed by atoms with E-state index in [4.69, 9.17) is 0 Å². The van der Waals surface area contributed by atoms with Crippen LogP contribution in [0.5, 0.6) is 0 Å². The molecule has 1 aliphatic carbocycles. The SMILES string of the molecule is CC(O)(CC1CCC1)c1cc(Br)ccc1F. The van der Waals surface area contributed by atoms with Crippen molar-refractivity contribution in [2.75, 3.05) is 0 Å². The Morgan fingerprint density at radius 2 is 2.19 bits per heavy atom. The summed E-state index contributed by atoms with van der Waals surface area (Å²) in [5.74, 6) is 0.223. The summed E-state index contributed by atoms with van der Waals surface area (Å²) in [6, 6.07) is 4.72. The Balaban J connectivity index is 2.22. The van der Waals surface area contributed by atoms with Crippen molar-refractivity contribution < 1.29 is 9.50 Å². The third-order valence-electron chi connectivity index (χ3n) is 3.42. The highest BCUT2D eigenvalue weighted by atomic mass is 79.9. The van der Waals surface area contributed by atoms with Gasteiger partial charge in [0.2, 0.25) is 0 Å². The van der Waals surface area contributed by atoms with E-state index in [0.717, 1.165) is 17.3 Å². The minimum Gasteiger partial charge on any atom is -0.385 e. The van der Waals surface area contributed by atoms with Gasteiger partial charge in [-0.1, -0.05) is 35.2 Å². The number of hydrogen-bond donors (Lipinski definition) is 1. The Morgan fingerprint density at radius 1 is 1.50 bits per heavy atom. The van der Waals surface area contributed by atoms with E-state index in [1.165, 1.54) is 12.5 Å².